The number of carbonyl (C=O) groups is 7. The molecule has 0 spiro atoms. The number of nitrogens with one attached hydrogen (secondary N) is 5. The van der Waals surface area contributed by atoms with E-state index in [1.807, 2.05) is 0 Å². The Balaban J connectivity index is 1.89. The van der Waals surface area contributed by atoms with E-state index in [0.717, 1.165) is 0 Å². The zero-order valence-electron chi connectivity index (χ0n) is 26.4. The second-order valence-corrected chi connectivity index (χ2v) is 13.5. The monoisotopic (exact) mass is 717 g/mol. The number of hydrogen-bond donors (Lipinski definition) is 9. The third-order valence-corrected chi connectivity index (χ3v) is 9.47. The van der Waals surface area contributed by atoms with Gasteiger partial charge in [0.15, 0.2) is 5.96 Å². The van der Waals surface area contributed by atoms with Crippen molar-refractivity contribution in [3.63, 3.8) is 0 Å². The third kappa shape index (κ3) is 12.8. The number of carboxylic acids is 1. The molecule has 1 aliphatic rings. The Labute approximate surface area is 289 Å². The molecule has 264 valence electrons. The SMILES string of the molecule is NC(=O)[C@@H]1CSSCCC(=O)N[C@@H](CCCCN=C(N)N)C(=O)NCC(=O)N[C@@H](CC(=O)O)C(=O)Nc2cc(c3ccccc3c2)C(=O)N1. The van der Waals surface area contributed by atoms with Gasteiger partial charge in [0.1, 0.15) is 18.1 Å². The van der Waals surface area contributed by atoms with Crippen LogP contribution < -0.4 is 43.8 Å². The predicted molar refractivity (Wildman–Crippen MR) is 186 cm³/mol. The van der Waals surface area contributed by atoms with E-state index in [1.54, 1.807) is 30.3 Å². The normalized spacial score (nSPS) is 20.2. The van der Waals surface area contributed by atoms with Crippen molar-refractivity contribution >= 4 is 85.4 Å². The van der Waals surface area contributed by atoms with E-state index in [-0.39, 0.29) is 35.8 Å². The van der Waals surface area contributed by atoms with Crippen LogP contribution in [0.5, 0.6) is 0 Å². The first-order chi connectivity index (χ1) is 23.3. The number of hydrogen-bond acceptors (Lipinski definition) is 10. The minimum Gasteiger partial charge on any atom is -0.481 e. The van der Waals surface area contributed by atoms with Crippen molar-refractivity contribution in [3.8, 4) is 0 Å². The highest BCUT2D eigenvalue weighted by Crippen LogP contribution is 2.26. The molecular weight excluding hydrogens is 679 g/mol. The van der Waals surface area contributed by atoms with Crippen LogP contribution in [0, 0.1) is 0 Å². The molecule has 0 radical (unpaired) electrons. The number of fused-ring (bicyclic) bond motifs is 4. The second kappa shape index (κ2) is 19.1. The van der Waals surface area contributed by atoms with Gasteiger partial charge >= 0.3 is 5.97 Å². The van der Waals surface area contributed by atoms with E-state index in [1.165, 1.54) is 27.7 Å². The van der Waals surface area contributed by atoms with E-state index in [9.17, 15) is 38.7 Å². The summed E-state index contributed by atoms with van der Waals surface area (Å²) in [5.74, 6) is -5.41. The van der Waals surface area contributed by atoms with Gasteiger partial charge in [0.2, 0.25) is 29.5 Å². The fraction of sp³-hybridized carbons (Fsp3) is 0.400. The molecule has 0 saturated carbocycles. The highest BCUT2D eigenvalue weighted by molar-refractivity contribution is 8.76. The summed E-state index contributed by atoms with van der Waals surface area (Å²) in [4.78, 5) is 93.0. The molecule has 0 fully saturated rings. The average Bonchev–Trinajstić information content (AvgIpc) is 3.04. The first-order valence-electron chi connectivity index (χ1n) is 15.2. The van der Waals surface area contributed by atoms with E-state index in [0.29, 0.717) is 35.9 Å². The summed E-state index contributed by atoms with van der Waals surface area (Å²) in [7, 11) is 2.48. The first kappa shape index (κ1) is 38.4. The Morgan fingerprint density at radius 3 is 2.35 bits per heavy atom. The first-order valence-corrected chi connectivity index (χ1v) is 17.6. The molecule has 49 heavy (non-hydrogen) atoms. The number of unbranched alkanes of at least 4 members (excludes halogenated alkanes) is 1. The Hall–Kier alpha value is -5.04. The molecule has 2 aromatic rings. The quantitative estimate of drug-likeness (QED) is 0.0699. The fourth-order valence-corrected chi connectivity index (χ4v) is 6.83. The smallest absolute Gasteiger partial charge is 0.305 e. The van der Waals surface area contributed by atoms with E-state index in [4.69, 9.17) is 17.2 Å². The molecule has 0 aromatic heterocycles. The lowest BCUT2D eigenvalue weighted by Gasteiger charge is -2.20. The number of nitrogens with two attached hydrogens (primary N) is 3. The highest BCUT2D eigenvalue weighted by Gasteiger charge is 2.27. The van der Waals surface area contributed by atoms with Crippen LogP contribution >= 0.6 is 21.6 Å². The number of carboxylic acid groups (broad SMARTS) is 1. The maximum absolute atomic E-state index is 13.4. The Kier molecular flexibility index (Phi) is 15.0. The number of aliphatic imine (C=N–C) groups is 1. The topological polar surface area (TPSA) is 290 Å². The molecule has 3 atom stereocenters. The molecule has 1 aliphatic heterocycles. The Morgan fingerprint density at radius 1 is 0.898 bits per heavy atom. The number of amides is 6. The molecule has 0 unspecified atom stereocenters. The number of guanidine groups is 1. The molecule has 0 saturated heterocycles. The van der Waals surface area contributed by atoms with Crippen molar-refractivity contribution < 1.29 is 38.7 Å². The second-order valence-electron chi connectivity index (χ2n) is 10.9. The van der Waals surface area contributed by atoms with Gasteiger partial charge < -0.3 is 48.9 Å². The lowest BCUT2D eigenvalue weighted by atomic mass is 10.0. The van der Waals surface area contributed by atoms with Gasteiger partial charge in [-0.05, 0) is 42.2 Å². The van der Waals surface area contributed by atoms with Crippen molar-refractivity contribution in [1.29, 1.82) is 0 Å². The van der Waals surface area contributed by atoms with Crippen LogP contribution in [-0.2, 0) is 28.8 Å². The number of aliphatic carboxylic acids is 1. The summed E-state index contributed by atoms with van der Waals surface area (Å²) in [5, 5.41) is 23.0. The van der Waals surface area contributed by atoms with Crippen molar-refractivity contribution in [2.45, 2.75) is 50.2 Å². The standard InChI is InChI=1S/C30H39N9O8S2/c31-26(44)22-15-49-48-10-8-23(40)37-20(7-3-4-9-34-30(32)33)28(46)35-14-24(41)38-21(13-25(42)43)29(47)36-17-11-16-5-1-2-6-18(16)19(12-17)27(45)39-22/h1-2,5-6,11-12,20-22H,3-4,7-10,13-15H2,(H2,31,44)(H,35,46)(H,36,47)(H,37,40)(H,38,41)(H,39,45)(H,42,43)(H4,32,33,34)/t20-,21-,22-/m0/s1. The molecule has 3 rings (SSSR count). The minimum atomic E-state index is -1.57. The average molecular weight is 718 g/mol. The number of primary amides is 1. The Morgan fingerprint density at radius 2 is 1.63 bits per heavy atom. The van der Waals surface area contributed by atoms with E-state index in [2.05, 4.69) is 31.6 Å². The lowest BCUT2D eigenvalue weighted by Crippen LogP contribution is -2.51. The van der Waals surface area contributed by atoms with Gasteiger partial charge in [0.05, 0.1) is 13.0 Å². The minimum absolute atomic E-state index is 0.00823. The van der Waals surface area contributed by atoms with Gasteiger partial charge in [-0.2, -0.15) is 0 Å². The van der Waals surface area contributed by atoms with Crippen LogP contribution in [0.3, 0.4) is 0 Å². The van der Waals surface area contributed by atoms with Crippen molar-refractivity contribution in [3.05, 3.63) is 42.0 Å². The highest BCUT2D eigenvalue weighted by atomic mass is 33.1. The number of carbonyl (C=O) groups excluding carboxylic acids is 6. The molecule has 12 N–H and O–H groups in total. The third-order valence-electron chi connectivity index (χ3n) is 7.05. The summed E-state index contributed by atoms with van der Waals surface area (Å²) >= 11 is 0. The van der Waals surface area contributed by atoms with Gasteiger partial charge in [-0.25, -0.2) is 0 Å². The van der Waals surface area contributed by atoms with E-state index < -0.39 is 72.5 Å². The van der Waals surface area contributed by atoms with Crippen LogP contribution in [0.15, 0.2) is 41.4 Å². The molecule has 19 heteroatoms. The maximum Gasteiger partial charge on any atom is 0.305 e. The molecule has 0 aliphatic carbocycles. The number of rotatable bonds is 8. The van der Waals surface area contributed by atoms with Crippen molar-refractivity contribution in [1.82, 2.24) is 21.3 Å². The van der Waals surface area contributed by atoms with E-state index >= 15 is 0 Å². The lowest BCUT2D eigenvalue weighted by molar-refractivity contribution is -0.140. The molecule has 2 bridgehead atoms. The fourth-order valence-electron chi connectivity index (χ4n) is 4.66. The van der Waals surface area contributed by atoms with Crippen LogP contribution in [0.4, 0.5) is 5.69 Å². The number of benzene rings is 2. The maximum atomic E-state index is 13.4. The van der Waals surface area contributed by atoms with Crippen LogP contribution in [0.2, 0.25) is 0 Å². The summed E-state index contributed by atoms with van der Waals surface area (Å²) in [6.07, 6.45) is 0.361. The number of nitrogens with zero attached hydrogens (tertiary/aromatic N) is 1. The van der Waals surface area contributed by atoms with Crippen LogP contribution in [-0.4, -0.2) is 95.2 Å². The molecule has 1 heterocycles. The van der Waals surface area contributed by atoms with Crippen molar-refractivity contribution in [2.24, 2.45) is 22.2 Å². The summed E-state index contributed by atoms with van der Waals surface area (Å²) < 4.78 is 0. The van der Waals surface area contributed by atoms with Gasteiger partial charge in [0, 0.05) is 35.7 Å². The molecule has 17 nitrogen and oxygen atoms in total. The summed E-state index contributed by atoms with van der Waals surface area (Å²) in [6, 6.07) is 6.02. The summed E-state index contributed by atoms with van der Waals surface area (Å²) in [6.45, 7) is -0.308. The van der Waals surface area contributed by atoms with Gasteiger partial charge in [0.25, 0.3) is 5.91 Å². The number of anilines is 1. The predicted octanol–water partition coefficient (Wildman–Crippen LogP) is -0.849. The van der Waals surface area contributed by atoms with Gasteiger partial charge in [-0.1, -0.05) is 45.9 Å². The summed E-state index contributed by atoms with van der Waals surface area (Å²) in [5.41, 5.74) is 16.5. The largest absolute Gasteiger partial charge is 0.481 e. The molecule has 2 aromatic carbocycles. The zero-order chi connectivity index (χ0) is 35.9. The zero-order valence-corrected chi connectivity index (χ0v) is 28.0. The Bertz CT molecular complexity index is 1600. The van der Waals surface area contributed by atoms with Gasteiger partial charge in [-0.15, -0.1) is 0 Å². The molecule has 6 amide bonds. The van der Waals surface area contributed by atoms with Crippen LogP contribution in [0.1, 0.15) is 42.5 Å². The van der Waals surface area contributed by atoms with Crippen LogP contribution in [0.25, 0.3) is 10.8 Å². The van der Waals surface area contributed by atoms with Gasteiger partial charge in [-0.3, -0.25) is 38.6 Å². The molecular formula is C30H39N9O8S2. The van der Waals surface area contributed by atoms with Crippen molar-refractivity contribution in [2.75, 3.05) is 29.9 Å².